The number of carbonyl (C=O) groups is 2. The van der Waals surface area contributed by atoms with Crippen molar-refractivity contribution in [1.29, 1.82) is 0 Å². The molecule has 3 rings (SSSR count). The molecule has 2 N–H and O–H groups in total. The Balaban J connectivity index is 1.76. The van der Waals surface area contributed by atoms with E-state index in [9.17, 15) is 19.7 Å². The summed E-state index contributed by atoms with van der Waals surface area (Å²) in [7, 11) is -1.16. The normalized spacial score (nSPS) is 19.8. The molecule has 1 aromatic rings. The maximum atomic E-state index is 12.0. The van der Waals surface area contributed by atoms with Gasteiger partial charge in [0.2, 0.25) is 0 Å². The molecular weight excluding hydrogens is 395 g/mol. The number of benzene rings is 1. The number of thioether (sulfide) groups is 2. The summed E-state index contributed by atoms with van der Waals surface area (Å²) in [6, 6.07) is 3.75. The molecule has 1 aliphatic carbocycles. The van der Waals surface area contributed by atoms with Crippen molar-refractivity contribution in [3.63, 3.8) is 0 Å². The van der Waals surface area contributed by atoms with E-state index in [0.717, 1.165) is 11.3 Å². The minimum atomic E-state index is -1.16. The fraction of sp³-hybridized carbons (Fsp3) is 0.600. The van der Waals surface area contributed by atoms with Crippen molar-refractivity contribution in [2.75, 3.05) is 17.8 Å². The van der Waals surface area contributed by atoms with Crippen LogP contribution in [-0.4, -0.2) is 46.8 Å². The Hall–Kier alpha value is -1.12. The molecule has 0 radical (unpaired) electrons. The van der Waals surface area contributed by atoms with Gasteiger partial charge < -0.3 is 14.8 Å². The SMILES string of the molecule is CSCC(=O)C[C@H]1Cc2ccc(SCC3CCCCC3)c(C(=O)O)c2OB1O. The van der Waals surface area contributed by atoms with Crippen molar-refractivity contribution in [3.05, 3.63) is 23.3 Å². The second-order valence-corrected chi connectivity index (χ2v) is 9.62. The highest BCUT2D eigenvalue weighted by atomic mass is 32.2. The van der Waals surface area contributed by atoms with Gasteiger partial charge in [0.1, 0.15) is 17.1 Å². The van der Waals surface area contributed by atoms with E-state index >= 15 is 0 Å². The van der Waals surface area contributed by atoms with Crippen LogP contribution in [0.2, 0.25) is 5.82 Å². The van der Waals surface area contributed by atoms with Crippen LogP contribution in [0.15, 0.2) is 17.0 Å². The zero-order chi connectivity index (χ0) is 20.1. The first-order chi connectivity index (χ1) is 13.5. The fourth-order valence-electron chi connectivity index (χ4n) is 4.07. The van der Waals surface area contributed by atoms with Crippen LogP contribution < -0.4 is 4.65 Å². The van der Waals surface area contributed by atoms with Crippen molar-refractivity contribution in [2.45, 2.75) is 55.7 Å². The van der Waals surface area contributed by atoms with E-state index < -0.39 is 13.1 Å². The van der Waals surface area contributed by atoms with Gasteiger partial charge in [0.15, 0.2) is 0 Å². The minimum Gasteiger partial charge on any atom is -0.535 e. The van der Waals surface area contributed by atoms with E-state index in [0.29, 0.717) is 23.0 Å². The molecular formula is C20H27BO5S2. The third kappa shape index (κ3) is 5.27. The summed E-state index contributed by atoms with van der Waals surface area (Å²) in [5, 5.41) is 20.2. The lowest BCUT2D eigenvalue weighted by Gasteiger charge is -2.29. The quantitative estimate of drug-likeness (QED) is 0.481. The lowest BCUT2D eigenvalue weighted by Crippen LogP contribution is -2.36. The predicted octanol–water partition coefficient (Wildman–Crippen LogP) is 4.17. The number of hydrogen-bond acceptors (Lipinski definition) is 6. The van der Waals surface area contributed by atoms with E-state index in [-0.39, 0.29) is 29.3 Å². The first kappa shape index (κ1) is 21.6. The molecule has 0 aromatic heterocycles. The maximum absolute atomic E-state index is 12.0. The van der Waals surface area contributed by atoms with Crippen molar-refractivity contribution >= 4 is 42.4 Å². The molecule has 0 unspecified atom stereocenters. The number of aromatic carboxylic acids is 1. The molecule has 1 aliphatic heterocycles. The van der Waals surface area contributed by atoms with E-state index in [1.165, 1.54) is 43.9 Å². The molecule has 28 heavy (non-hydrogen) atoms. The third-order valence-corrected chi connectivity index (χ3v) is 7.43. The third-order valence-electron chi connectivity index (χ3n) is 5.53. The van der Waals surface area contributed by atoms with Gasteiger partial charge in [-0.25, -0.2) is 4.79 Å². The van der Waals surface area contributed by atoms with Crippen molar-refractivity contribution in [3.8, 4) is 5.75 Å². The van der Waals surface area contributed by atoms with Crippen LogP contribution in [0, 0.1) is 5.92 Å². The van der Waals surface area contributed by atoms with E-state index in [1.54, 1.807) is 11.8 Å². The summed E-state index contributed by atoms with van der Waals surface area (Å²) in [6.07, 6.45) is 8.79. The van der Waals surface area contributed by atoms with Crippen LogP contribution in [0.25, 0.3) is 0 Å². The van der Waals surface area contributed by atoms with Crippen LogP contribution in [0.5, 0.6) is 5.75 Å². The molecule has 2 aliphatic rings. The highest BCUT2D eigenvalue weighted by Crippen LogP contribution is 2.41. The van der Waals surface area contributed by atoms with Crippen LogP contribution in [0.1, 0.15) is 54.4 Å². The molecule has 0 amide bonds. The average Bonchev–Trinajstić information content (AvgIpc) is 2.67. The maximum Gasteiger partial charge on any atom is 0.526 e. The number of ketones is 1. The van der Waals surface area contributed by atoms with Crippen LogP contribution >= 0.6 is 23.5 Å². The number of rotatable bonds is 8. The lowest BCUT2D eigenvalue weighted by atomic mass is 9.64. The molecule has 1 aromatic carbocycles. The van der Waals surface area contributed by atoms with Crippen LogP contribution in [0.4, 0.5) is 0 Å². The highest BCUT2D eigenvalue weighted by Gasteiger charge is 2.38. The van der Waals surface area contributed by atoms with Crippen LogP contribution in [-0.2, 0) is 11.2 Å². The number of carboxylic acids is 1. The zero-order valence-corrected chi connectivity index (χ0v) is 17.8. The van der Waals surface area contributed by atoms with Gasteiger partial charge in [-0.1, -0.05) is 25.3 Å². The van der Waals surface area contributed by atoms with E-state index in [1.807, 2.05) is 18.4 Å². The monoisotopic (exact) mass is 422 g/mol. The molecule has 1 heterocycles. The number of carbonyl (C=O) groups excluding carboxylic acids is 1. The average molecular weight is 422 g/mol. The van der Waals surface area contributed by atoms with Gasteiger partial charge in [0.25, 0.3) is 0 Å². The Labute approximate surface area is 175 Å². The van der Waals surface area contributed by atoms with Gasteiger partial charge in [-0.2, -0.15) is 11.8 Å². The molecule has 1 saturated carbocycles. The van der Waals surface area contributed by atoms with E-state index in [2.05, 4.69) is 0 Å². The van der Waals surface area contributed by atoms with Crippen molar-refractivity contribution in [2.24, 2.45) is 5.92 Å². The van der Waals surface area contributed by atoms with Gasteiger partial charge in [-0.3, -0.25) is 4.79 Å². The molecule has 0 spiro atoms. The number of fused-ring (bicyclic) bond motifs is 1. The summed E-state index contributed by atoms with van der Waals surface area (Å²) in [5.41, 5.74) is 0.901. The van der Waals surface area contributed by atoms with E-state index in [4.69, 9.17) is 4.65 Å². The number of Topliss-reactive ketones (excluding diaryl/α,β-unsaturated/α-hetero) is 1. The predicted molar refractivity (Wildman–Crippen MR) is 115 cm³/mol. The topological polar surface area (TPSA) is 83.8 Å². The van der Waals surface area contributed by atoms with Crippen LogP contribution in [0.3, 0.4) is 0 Å². The Morgan fingerprint density at radius 1 is 1.25 bits per heavy atom. The molecule has 8 heteroatoms. The second-order valence-electron chi connectivity index (χ2n) is 7.70. The zero-order valence-electron chi connectivity index (χ0n) is 16.2. The first-order valence-electron chi connectivity index (χ1n) is 9.87. The molecule has 1 fully saturated rings. The molecule has 152 valence electrons. The summed E-state index contributed by atoms with van der Waals surface area (Å²) in [6.45, 7) is 0. The smallest absolute Gasteiger partial charge is 0.526 e. The Bertz CT molecular complexity index is 721. The number of hydrogen-bond donors (Lipinski definition) is 2. The molecule has 0 bridgehead atoms. The van der Waals surface area contributed by atoms with Gasteiger partial charge >= 0.3 is 13.1 Å². The Morgan fingerprint density at radius 3 is 2.68 bits per heavy atom. The summed E-state index contributed by atoms with van der Waals surface area (Å²) >= 11 is 3.03. The van der Waals surface area contributed by atoms with Gasteiger partial charge in [0, 0.05) is 22.9 Å². The molecule has 5 nitrogen and oxygen atoms in total. The summed E-state index contributed by atoms with van der Waals surface area (Å²) in [4.78, 5) is 24.6. The Morgan fingerprint density at radius 2 is 2.00 bits per heavy atom. The standard InChI is InChI=1S/C20H27BO5S2/c1-27-12-16(22)10-15-9-14-7-8-17(28-11-13-5-3-2-4-6-13)18(20(23)24)19(14)26-21(15)25/h7-8,13,15,25H,2-6,9-12H2,1H3,(H,23,24)/t15-/m1/s1. The summed E-state index contributed by atoms with van der Waals surface area (Å²) in [5.74, 6) is 0.918. The van der Waals surface area contributed by atoms with Gasteiger partial charge in [0.05, 0.1) is 5.75 Å². The van der Waals surface area contributed by atoms with Crippen molar-refractivity contribution < 1.29 is 24.4 Å². The molecule has 0 saturated heterocycles. The second kappa shape index (κ2) is 10.1. The lowest BCUT2D eigenvalue weighted by molar-refractivity contribution is -0.116. The molecule has 1 atom stereocenters. The highest BCUT2D eigenvalue weighted by molar-refractivity contribution is 7.99. The minimum absolute atomic E-state index is 0.0710. The van der Waals surface area contributed by atoms with Gasteiger partial charge in [-0.05, 0) is 43.1 Å². The first-order valence-corrected chi connectivity index (χ1v) is 12.2. The fourth-order valence-corrected chi connectivity index (χ4v) is 5.75. The summed E-state index contributed by atoms with van der Waals surface area (Å²) < 4.78 is 5.65. The van der Waals surface area contributed by atoms with Gasteiger partial charge in [-0.15, -0.1) is 11.8 Å². The Kier molecular flexibility index (Phi) is 7.77. The largest absolute Gasteiger partial charge is 0.535 e. The number of carboxylic acid groups (broad SMARTS) is 1. The van der Waals surface area contributed by atoms with Crippen molar-refractivity contribution in [1.82, 2.24) is 0 Å².